The number of pyridine rings is 1. The average Bonchev–Trinajstić information content (AvgIpc) is 2.81. The first-order chi connectivity index (χ1) is 9.20. The maximum atomic E-state index is 4.38. The molecule has 1 atom stereocenters. The molecule has 0 spiro atoms. The third-order valence-corrected chi connectivity index (χ3v) is 3.36. The van der Waals surface area contributed by atoms with Crippen LogP contribution in [0.3, 0.4) is 0 Å². The van der Waals surface area contributed by atoms with Gasteiger partial charge in [0.15, 0.2) is 0 Å². The van der Waals surface area contributed by atoms with Crippen LogP contribution in [0.15, 0.2) is 30.7 Å². The highest BCUT2D eigenvalue weighted by atomic mass is 15.0. The summed E-state index contributed by atoms with van der Waals surface area (Å²) in [6.07, 6.45) is 7.82. The molecule has 0 aliphatic carbocycles. The van der Waals surface area contributed by atoms with E-state index in [0.29, 0.717) is 6.04 Å². The van der Waals surface area contributed by atoms with Crippen LogP contribution in [-0.4, -0.2) is 21.1 Å². The Hall–Kier alpha value is -1.68. The van der Waals surface area contributed by atoms with Crippen molar-refractivity contribution in [3.05, 3.63) is 47.8 Å². The predicted octanol–water partition coefficient (Wildman–Crippen LogP) is 2.41. The fourth-order valence-corrected chi connectivity index (χ4v) is 2.23. The Kier molecular flexibility index (Phi) is 4.68. The van der Waals surface area contributed by atoms with Gasteiger partial charge >= 0.3 is 0 Å². The van der Waals surface area contributed by atoms with Gasteiger partial charge in [0.1, 0.15) is 5.82 Å². The quantitative estimate of drug-likeness (QED) is 0.865. The van der Waals surface area contributed by atoms with Crippen LogP contribution in [0.1, 0.15) is 36.5 Å². The van der Waals surface area contributed by atoms with Gasteiger partial charge in [-0.2, -0.15) is 0 Å². The molecule has 4 nitrogen and oxygen atoms in total. The van der Waals surface area contributed by atoms with E-state index in [-0.39, 0.29) is 0 Å². The van der Waals surface area contributed by atoms with Crippen LogP contribution in [0.2, 0.25) is 0 Å². The number of aryl methyl sites for hydroxylation is 3. The second-order valence-corrected chi connectivity index (χ2v) is 4.84. The van der Waals surface area contributed by atoms with E-state index in [2.05, 4.69) is 38.9 Å². The molecule has 0 amide bonds. The van der Waals surface area contributed by atoms with E-state index in [0.717, 1.165) is 30.9 Å². The normalized spacial score (nSPS) is 12.6. The molecule has 2 heterocycles. The average molecular weight is 258 g/mol. The first-order valence-corrected chi connectivity index (χ1v) is 6.83. The summed E-state index contributed by atoms with van der Waals surface area (Å²) in [5.41, 5.74) is 2.31. The molecule has 102 valence electrons. The molecule has 0 aliphatic rings. The maximum absolute atomic E-state index is 4.38. The maximum Gasteiger partial charge on any atom is 0.108 e. The highest BCUT2D eigenvalue weighted by Crippen LogP contribution is 2.18. The number of hydrogen-bond donors (Lipinski definition) is 1. The van der Waals surface area contributed by atoms with Crippen LogP contribution < -0.4 is 5.32 Å². The largest absolute Gasteiger partial charge is 0.338 e. The van der Waals surface area contributed by atoms with Crippen molar-refractivity contribution in [3.63, 3.8) is 0 Å². The Morgan fingerprint density at radius 2 is 2.16 bits per heavy atom. The van der Waals surface area contributed by atoms with E-state index in [1.807, 2.05) is 32.6 Å². The van der Waals surface area contributed by atoms with Gasteiger partial charge in [-0.15, -0.1) is 0 Å². The van der Waals surface area contributed by atoms with Crippen LogP contribution in [0.4, 0.5) is 0 Å². The molecule has 0 fully saturated rings. The summed E-state index contributed by atoms with van der Waals surface area (Å²) < 4.78 is 2.08. The van der Waals surface area contributed by atoms with E-state index in [1.165, 1.54) is 5.56 Å². The van der Waals surface area contributed by atoms with E-state index >= 15 is 0 Å². The third kappa shape index (κ3) is 3.64. The van der Waals surface area contributed by atoms with Crippen molar-refractivity contribution in [2.24, 2.45) is 7.05 Å². The number of hydrogen-bond acceptors (Lipinski definition) is 3. The Bertz CT molecular complexity index is 501. The van der Waals surface area contributed by atoms with Crippen molar-refractivity contribution < 1.29 is 0 Å². The molecular weight excluding hydrogens is 236 g/mol. The van der Waals surface area contributed by atoms with E-state index in [9.17, 15) is 0 Å². The summed E-state index contributed by atoms with van der Waals surface area (Å²) in [5.74, 6) is 1.13. The fraction of sp³-hybridized carbons (Fsp3) is 0.467. The van der Waals surface area contributed by atoms with Crippen LogP contribution in [-0.2, 0) is 13.5 Å². The minimum absolute atomic E-state index is 0.342. The lowest BCUT2D eigenvalue weighted by Gasteiger charge is -2.18. The molecule has 1 unspecified atom stereocenters. The zero-order valence-electron chi connectivity index (χ0n) is 11.9. The first-order valence-electron chi connectivity index (χ1n) is 6.83. The van der Waals surface area contributed by atoms with Gasteiger partial charge in [-0.25, -0.2) is 4.98 Å². The summed E-state index contributed by atoms with van der Waals surface area (Å²) in [6, 6.07) is 4.57. The standard InChI is InChI=1S/C15H22N4/c1-4-16-14(13-6-5-12(2)18-11-13)7-8-15-17-9-10-19(15)3/h5-6,9-11,14,16H,4,7-8H2,1-3H3. The Morgan fingerprint density at radius 3 is 2.74 bits per heavy atom. The van der Waals surface area contributed by atoms with Crippen LogP contribution in [0.5, 0.6) is 0 Å². The predicted molar refractivity (Wildman–Crippen MR) is 76.9 cm³/mol. The molecule has 2 aromatic heterocycles. The van der Waals surface area contributed by atoms with Crippen LogP contribution in [0.25, 0.3) is 0 Å². The van der Waals surface area contributed by atoms with Gasteiger partial charge < -0.3 is 9.88 Å². The molecule has 1 N–H and O–H groups in total. The first kappa shape index (κ1) is 13.7. The smallest absolute Gasteiger partial charge is 0.108 e. The third-order valence-electron chi connectivity index (χ3n) is 3.36. The fourth-order valence-electron chi connectivity index (χ4n) is 2.23. The van der Waals surface area contributed by atoms with Gasteiger partial charge in [0.25, 0.3) is 0 Å². The van der Waals surface area contributed by atoms with Crippen molar-refractivity contribution >= 4 is 0 Å². The minimum atomic E-state index is 0.342. The highest BCUT2D eigenvalue weighted by Gasteiger charge is 2.12. The summed E-state index contributed by atoms with van der Waals surface area (Å²) in [5, 5.41) is 3.52. The molecule has 0 bridgehead atoms. The van der Waals surface area contributed by atoms with E-state index in [1.54, 1.807) is 0 Å². The SMILES string of the molecule is CCNC(CCc1nccn1C)c1ccc(C)nc1. The van der Waals surface area contributed by atoms with Gasteiger partial charge in [0.05, 0.1) is 0 Å². The Labute approximate surface area is 114 Å². The van der Waals surface area contributed by atoms with Crippen LogP contribution in [0, 0.1) is 6.92 Å². The second kappa shape index (κ2) is 6.48. The Morgan fingerprint density at radius 1 is 1.32 bits per heavy atom. The lowest BCUT2D eigenvalue weighted by atomic mass is 10.0. The van der Waals surface area contributed by atoms with Gasteiger partial charge in [0, 0.05) is 43.8 Å². The lowest BCUT2D eigenvalue weighted by Crippen LogP contribution is -2.22. The zero-order valence-corrected chi connectivity index (χ0v) is 11.9. The monoisotopic (exact) mass is 258 g/mol. The van der Waals surface area contributed by atoms with Crippen molar-refractivity contribution in [1.82, 2.24) is 19.9 Å². The summed E-state index contributed by atoms with van der Waals surface area (Å²) >= 11 is 0. The number of rotatable bonds is 6. The van der Waals surface area contributed by atoms with Crippen LogP contribution >= 0.6 is 0 Å². The van der Waals surface area contributed by atoms with Crippen molar-refractivity contribution in [3.8, 4) is 0 Å². The number of nitrogens with one attached hydrogen (secondary N) is 1. The summed E-state index contributed by atoms with van der Waals surface area (Å²) in [4.78, 5) is 8.76. The number of nitrogens with zero attached hydrogens (tertiary/aromatic N) is 3. The topological polar surface area (TPSA) is 42.7 Å². The molecule has 2 aromatic rings. The zero-order chi connectivity index (χ0) is 13.7. The highest BCUT2D eigenvalue weighted by molar-refractivity contribution is 5.17. The van der Waals surface area contributed by atoms with Crippen molar-refractivity contribution in [2.75, 3.05) is 6.54 Å². The molecule has 4 heteroatoms. The van der Waals surface area contributed by atoms with E-state index in [4.69, 9.17) is 0 Å². The molecule has 0 saturated carbocycles. The van der Waals surface area contributed by atoms with Gasteiger partial charge in [-0.3, -0.25) is 4.98 Å². The van der Waals surface area contributed by atoms with Gasteiger partial charge in [-0.1, -0.05) is 13.0 Å². The number of aromatic nitrogens is 3. The molecule has 0 aliphatic heterocycles. The van der Waals surface area contributed by atoms with E-state index < -0.39 is 0 Å². The minimum Gasteiger partial charge on any atom is -0.338 e. The summed E-state index contributed by atoms with van der Waals surface area (Å²) in [7, 11) is 2.04. The lowest BCUT2D eigenvalue weighted by molar-refractivity contribution is 0.504. The molecule has 0 saturated heterocycles. The molecule has 19 heavy (non-hydrogen) atoms. The molecule has 2 rings (SSSR count). The van der Waals surface area contributed by atoms with Gasteiger partial charge in [-0.05, 0) is 31.5 Å². The summed E-state index contributed by atoms with van der Waals surface area (Å²) in [6.45, 7) is 5.11. The molecule has 0 radical (unpaired) electrons. The molecular formula is C15H22N4. The van der Waals surface area contributed by atoms with Gasteiger partial charge in [0.2, 0.25) is 0 Å². The number of imidazole rings is 1. The Balaban J connectivity index is 2.04. The molecule has 0 aromatic carbocycles. The van der Waals surface area contributed by atoms with Crippen molar-refractivity contribution in [2.45, 2.75) is 32.7 Å². The second-order valence-electron chi connectivity index (χ2n) is 4.84. The van der Waals surface area contributed by atoms with Crippen molar-refractivity contribution in [1.29, 1.82) is 0 Å².